The van der Waals surface area contributed by atoms with E-state index < -0.39 is 10.0 Å². The third-order valence-electron chi connectivity index (χ3n) is 2.68. The Labute approximate surface area is 145 Å². The zero-order valence-corrected chi connectivity index (χ0v) is 14.5. The summed E-state index contributed by atoms with van der Waals surface area (Å²) < 4.78 is 27.9. The molecule has 2 aromatic rings. The maximum atomic E-state index is 12.1. The first-order valence-electron chi connectivity index (χ1n) is 6.18. The van der Waals surface area contributed by atoms with Crippen LogP contribution >= 0.6 is 34.7 Å². The quantitative estimate of drug-likeness (QED) is 0.838. The molecule has 1 aromatic carbocycles. The maximum Gasteiger partial charge on any atom is 0.286 e. The standard InChI is InChI=1S/C12H9ClN4O3S3/c13-7-1-2-8-9(5-7)23(19,20)17-12(15-8)22-6-10(18)16-11-14-3-4-21-11/h1-5H,6H2,(H,15,17)(H,14,16,18). The molecule has 1 aliphatic rings. The van der Waals surface area contributed by atoms with E-state index in [2.05, 4.69) is 20.0 Å². The molecule has 23 heavy (non-hydrogen) atoms. The molecule has 0 bridgehead atoms. The molecule has 0 saturated carbocycles. The van der Waals surface area contributed by atoms with Gasteiger partial charge in [-0.2, -0.15) is 8.42 Å². The van der Waals surface area contributed by atoms with Crippen molar-refractivity contribution in [2.24, 2.45) is 4.40 Å². The lowest BCUT2D eigenvalue weighted by Crippen LogP contribution is -2.22. The van der Waals surface area contributed by atoms with Gasteiger partial charge in [0.15, 0.2) is 10.3 Å². The largest absolute Gasteiger partial charge is 0.333 e. The number of nitrogens with zero attached hydrogens (tertiary/aromatic N) is 2. The van der Waals surface area contributed by atoms with E-state index in [1.165, 1.54) is 17.4 Å². The highest BCUT2D eigenvalue weighted by Crippen LogP contribution is 2.31. The van der Waals surface area contributed by atoms with Crippen LogP contribution in [0.5, 0.6) is 0 Å². The van der Waals surface area contributed by atoms with Crippen LogP contribution in [-0.4, -0.2) is 30.2 Å². The molecule has 0 fully saturated rings. The van der Waals surface area contributed by atoms with Crippen LogP contribution in [0.25, 0.3) is 0 Å². The number of nitrogens with one attached hydrogen (secondary N) is 2. The van der Waals surface area contributed by atoms with E-state index in [4.69, 9.17) is 11.6 Å². The summed E-state index contributed by atoms with van der Waals surface area (Å²) in [5, 5.41) is 8.15. The Bertz CT molecular complexity index is 881. The molecular weight excluding hydrogens is 380 g/mol. The minimum Gasteiger partial charge on any atom is -0.333 e. The monoisotopic (exact) mass is 388 g/mol. The molecule has 2 heterocycles. The second kappa shape index (κ2) is 6.48. The number of halogens is 1. The second-order valence-corrected chi connectivity index (χ2v) is 8.18. The summed E-state index contributed by atoms with van der Waals surface area (Å²) in [5.41, 5.74) is 0.382. The van der Waals surface area contributed by atoms with Gasteiger partial charge in [0, 0.05) is 16.6 Å². The van der Waals surface area contributed by atoms with Gasteiger partial charge in [0.05, 0.1) is 11.4 Å². The molecule has 7 nitrogen and oxygen atoms in total. The fourth-order valence-corrected chi connectivity index (χ4v) is 4.59. The van der Waals surface area contributed by atoms with Crippen molar-refractivity contribution in [3.8, 4) is 0 Å². The predicted octanol–water partition coefficient (Wildman–Crippen LogP) is 2.64. The van der Waals surface area contributed by atoms with Gasteiger partial charge in [0.25, 0.3) is 10.0 Å². The van der Waals surface area contributed by atoms with Crippen LogP contribution < -0.4 is 10.6 Å². The van der Waals surface area contributed by atoms with Gasteiger partial charge in [0.1, 0.15) is 4.90 Å². The predicted molar refractivity (Wildman–Crippen MR) is 92.9 cm³/mol. The lowest BCUT2D eigenvalue weighted by Gasteiger charge is -2.17. The molecule has 0 aliphatic carbocycles. The van der Waals surface area contributed by atoms with E-state index >= 15 is 0 Å². The Hall–Kier alpha value is -1.62. The third-order valence-corrected chi connectivity index (χ3v) is 5.91. The number of aromatic nitrogens is 1. The molecule has 0 saturated heterocycles. The summed E-state index contributed by atoms with van der Waals surface area (Å²) in [6, 6.07) is 4.46. The topological polar surface area (TPSA) is 101 Å². The van der Waals surface area contributed by atoms with Crippen LogP contribution in [0.15, 0.2) is 39.1 Å². The van der Waals surface area contributed by atoms with Crippen LogP contribution in [0, 0.1) is 0 Å². The number of hydrogen-bond donors (Lipinski definition) is 2. The summed E-state index contributed by atoms with van der Waals surface area (Å²) in [5.74, 6) is -0.294. The normalized spacial score (nSPS) is 15.3. The van der Waals surface area contributed by atoms with E-state index in [0.29, 0.717) is 15.8 Å². The Kier molecular flexibility index (Phi) is 4.57. The van der Waals surface area contributed by atoms with Crippen molar-refractivity contribution in [1.82, 2.24) is 4.98 Å². The molecule has 0 spiro atoms. The van der Waals surface area contributed by atoms with Gasteiger partial charge in [0.2, 0.25) is 5.91 Å². The first kappa shape index (κ1) is 16.2. The molecule has 0 atom stereocenters. The minimum absolute atomic E-state index is 0.00383. The van der Waals surface area contributed by atoms with E-state index in [0.717, 1.165) is 11.8 Å². The van der Waals surface area contributed by atoms with Gasteiger partial charge in [-0.1, -0.05) is 23.4 Å². The van der Waals surface area contributed by atoms with E-state index in [1.807, 2.05) is 0 Å². The van der Waals surface area contributed by atoms with E-state index in [-0.39, 0.29) is 21.7 Å². The lowest BCUT2D eigenvalue weighted by molar-refractivity contribution is -0.113. The highest BCUT2D eigenvalue weighted by atomic mass is 35.5. The van der Waals surface area contributed by atoms with Crippen molar-refractivity contribution in [2.75, 3.05) is 16.4 Å². The summed E-state index contributed by atoms with van der Waals surface area (Å²) in [4.78, 5) is 15.7. The number of fused-ring (bicyclic) bond motifs is 1. The Morgan fingerprint density at radius 3 is 3.00 bits per heavy atom. The molecule has 11 heteroatoms. The molecular formula is C12H9ClN4O3S3. The number of benzene rings is 1. The molecule has 2 N–H and O–H groups in total. The van der Waals surface area contributed by atoms with E-state index in [9.17, 15) is 13.2 Å². The summed E-state index contributed by atoms with van der Waals surface area (Å²) in [7, 11) is -3.83. The number of rotatable bonds is 3. The zero-order valence-electron chi connectivity index (χ0n) is 11.3. The number of anilines is 2. The van der Waals surface area contributed by atoms with Crippen LogP contribution in [0.1, 0.15) is 0 Å². The Morgan fingerprint density at radius 2 is 2.26 bits per heavy atom. The molecule has 1 aliphatic heterocycles. The van der Waals surface area contributed by atoms with Gasteiger partial charge < -0.3 is 10.6 Å². The van der Waals surface area contributed by atoms with Crippen LogP contribution in [0.2, 0.25) is 5.02 Å². The number of amidine groups is 1. The summed E-state index contributed by atoms with van der Waals surface area (Å²) >= 11 is 8.09. The summed E-state index contributed by atoms with van der Waals surface area (Å²) in [6.45, 7) is 0. The first-order chi connectivity index (χ1) is 10.9. The summed E-state index contributed by atoms with van der Waals surface area (Å²) in [6.07, 6.45) is 1.58. The molecule has 1 amide bonds. The van der Waals surface area contributed by atoms with Gasteiger partial charge >= 0.3 is 0 Å². The van der Waals surface area contributed by atoms with E-state index in [1.54, 1.807) is 23.7 Å². The number of carbonyl (C=O) groups excluding carboxylic acids is 1. The van der Waals surface area contributed by atoms with Gasteiger partial charge in [-0.25, -0.2) is 4.98 Å². The number of hydrogen-bond acceptors (Lipinski definition) is 7. The lowest BCUT2D eigenvalue weighted by atomic mass is 10.3. The minimum atomic E-state index is -3.83. The SMILES string of the molecule is O=C(CSC1=NS(=O)(=O)c2cc(Cl)ccc2N1)Nc1nccs1. The molecule has 1 aromatic heterocycles. The number of amides is 1. The zero-order chi connectivity index (χ0) is 16.4. The second-order valence-electron chi connectivity index (χ2n) is 4.31. The van der Waals surface area contributed by atoms with Crippen molar-refractivity contribution in [3.63, 3.8) is 0 Å². The molecule has 120 valence electrons. The van der Waals surface area contributed by atoms with Gasteiger partial charge in [-0.05, 0) is 18.2 Å². The number of thiazole rings is 1. The van der Waals surface area contributed by atoms with Crippen molar-refractivity contribution in [2.45, 2.75) is 4.90 Å². The molecule has 0 unspecified atom stereocenters. The fraction of sp³-hybridized carbons (Fsp3) is 0.0833. The average molecular weight is 389 g/mol. The highest BCUT2D eigenvalue weighted by Gasteiger charge is 2.25. The van der Waals surface area contributed by atoms with Crippen molar-refractivity contribution in [3.05, 3.63) is 34.8 Å². The van der Waals surface area contributed by atoms with Crippen LogP contribution in [0.4, 0.5) is 10.8 Å². The van der Waals surface area contributed by atoms with Crippen molar-refractivity contribution < 1.29 is 13.2 Å². The Morgan fingerprint density at radius 1 is 1.43 bits per heavy atom. The number of sulfonamides is 1. The van der Waals surface area contributed by atoms with Crippen LogP contribution in [0.3, 0.4) is 0 Å². The molecule has 0 radical (unpaired) electrons. The smallest absolute Gasteiger partial charge is 0.286 e. The highest BCUT2D eigenvalue weighted by molar-refractivity contribution is 8.15. The fourth-order valence-electron chi connectivity index (χ4n) is 1.75. The van der Waals surface area contributed by atoms with Crippen LogP contribution in [-0.2, 0) is 14.8 Å². The van der Waals surface area contributed by atoms with Gasteiger partial charge in [-0.3, -0.25) is 4.79 Å². The third kappa shape index (κ3) is 3.83. The molecule has 3 rings (SSSR count). The Balaban J connectivity index is 1.69. The van der Waals surface area contributed by atoms with Crippen molar-refractivity contribution >= 4 is 66.6 Å². The van der Waals surface area contributed by atoms with Crippen molar-refractivity contribution in [1.29, 1.82) is 0 Å². The number of thioether (sulfide) groups is 1. The maximum absolute atomic E-state index is 12.1. The average Bonchev–Trinajstić information content (AvgIpc) is 2.98. The first-order valence-corrected chi connectivity index (χ1v) is 9.86. The van der Waals surface area contributed by atoms with Gasteiger partial charge in [-0.15, -0.1) is 15.7 Å². The number of carbonyl (C=O) groups is 1.